The molecular weight excluding hydrogens is 455 g/mol. The van der Waals surface area contributed by atoms with Crippen LogP contribution in [0.2, 0.25) is 0 Å². The number of guanidine groups is 1. The second-order valence-electron chi connectivity index (χ2n) is 6.11. The summed E-state index contributed by atoms with van der Waals surface area (Å²) in [6.45, 7) is 2.18. The highest BCUT2D eigenvalue weighted by Crippen LogP contribution is 2.13. The van der Waals surface area contributed by atoms with Crippen molar-refractivity contribution in [2.24, 2.45) is 4.99 Å². The van der Waals surface area contributed by atoms with Gasteiger partial charge in [-0.05, 0) is 24.5 Å². The van der Waals surface area contributed by atoms with E-state index in [0.717, 1.165) is 30.9 Å². The number of aromatic nitrogens is 1. The molecule has 0 radical (unpaired) electrons. The van der Waals surface area contributed by atoms with Crippen LogP contribution in [0.4, 0.5) is 0 Å². The molecule has 0 aliphatic rings. The lowest BCUT2D eigenvalue weighted by Gasteiger charge is -2.18. The molecule has 27 heavy (non-hydrogen) atoms. The molecule has 148 valence electrons. The van der Waals surface area contributed by atoms with Gasteiger partial charge in [0.25, 0.3) is 0 Å². The zero-order valence-corrected chi connectivity index (χ0v) is 18.0. The van der Waals surface area contributed by atoms with Crippen molar-refractivity contribution in [2.45, 2.75) is 25.3 Å². The minimum atomic E-state index is 0. The molecule has 0 aliphatic carbocycles. The number of nitrogens with zero attached hydrogens (tertiary/aromatic N) is 2. The van der Waals surface area contributed by atoms with Crippen LogP contribution in [-0.4, -0.2) is 42.4 Å². The summed E-state index contributed by atoms with van der Waals surface area (Å²) in [7, 11) is 1.73. The van der Waals surface area contributed by atoms with E-state index < -0.39 is 0 Å². The molecule has 0 fully saturated rings. The molecule has 0 bridgehead atoms. The third-order valence-corrected chi connectivity index (χ3v) is 4.25. The summed E-state index contributed by atoms with van der Waals surface area (Å²) in [5.74, 6) is 0.746. The van der Waals surface area contributed by atoms with Crippen molar-refractivity contribution < 1.29 is 5.11 Å². The van der Waals surface area contributed by atoms with Crippen molar-refractivity contribution in [3.8, 4) is 0 Å². The Bertz CT molecular complexity index is 734. The van der Waals surface area contributed by atoms with Gasteiger partial charge in [0.1, 0.15) is 0 Å². The Kier molecular flexibility index (Phi) is 11.4. The van der Waals surface area contributed by atoms with Crippen molar-refractivity contribution in [3.63, 3.8) is 0 Å². The second-order valence-corrected chi connectivity index (χ2v) is 6.11. The van der Waals surface area contributed by atoms with Crippen LogP contribution in [0.3, 0.4) is 0 Å². The average Bonchev–Trinajstić information content (AvgIpc) is 2.68. The van der Waals surface area contributed by atoms with Crippen molar-refractivity contribution in [1.82, 2.24) is 15.2 Å². The molecule has 0 saturated carbocycles. The van der Waals surface area contributed by atoms with Gasteiger partial charge in [0.05, 0.1) is 6.61 Å². The summed E-state index contributed by atoms with van der Waals surface area (Å²) in [4.78, 5) is 15.8. The maximum Gasteiger partial charge on any atom is 0.250 e. The van der Waals surface area contributed by atoms with E-state index in [1.165, 1.54) is 0 Å². The maximum absolute atomic E-state index is 11.6. The standard InChI is InChI=1S/C20H28N4O2.HI/c1-21-20(23-15-18(16-25)17-9-3-2-4-10-17)22-12-6-8-14-24-13-7-5-11-19(24)26;/h2-5,7,9-11,13,18,25H,6,8,12,14-16H2,1H3,(H2,21,22,23);1H. The van der Waals surface area contributed by atoms with E-state index in [-0.39, 0.29) is 42.1 Å². The number of pyridine rings is 1. The number of aryl methyl sites for hydroxylation is 1. The number of aliphatic hydroxyl groups is 1. The molecule has 0 spiro atoms. The Morgan fingerprint density at radius 2 is 1.85 bits per heavy atom. The van der Waals surface area contributed by atoms with E-state index in [1.54, 1.807) is 23.7 Å². The number of hydrogen-bond acceptors (Lipinski definition) is 3. The topological polar surface area (TPSA) is 78.7 Å². The Morgan fingerprint density at radius 1 is 1.11 bits per heavy atom. The van der Waals surface area contributed by atoms with Crippen LogP contribution in [0.25, 0.3) is 0 Å². The Balaban J connectivity index is 0.00000364. The number of aliphatic hydroxyl groups excluding tert-OH is 1. The molecule has 6 nitrogen and oxygen atoms in total. The molecule has 1 unspecified atom stereocenters. The van der Waals surface area contributed by atoms with Crippen LogP contribution >= 0.6 is 24.0 Å². The zero-order chi connectivity index (χ0) is 18.6. The minimum absolute atomic E-state index is 0. The first-order valence-corrected chi connectivity index (χ1v) is 9.00. The molecule has 1 heterocycles. The zero-order valence-electron chi connectivity index (χ0n) is 15.7. The van der Waals surface area contributed by atoms with E-state index in [1.807, 2.05) is 42.6 Å². The average molecular weight is 484 g/mol. The Morgan fingerprint density at radius 3 is 2.52 bits per heavy atom. The number of aliphatic imine (C=N–C) groups is 1. The fraction of sp³-hybridized carbons (Fsp3) is 0.400. The minimum Gasteiger partial charge on any atom is -0.396 e. The highest BCUT2D eigenvalue weighted by Gasteiger charge is 2.10. The van der Waals surface area contributed by atoms with Crippen LogP contribution in [-0.2, 0) is 6.54 Å². The van der Waals surface area contributed by atoms with E-state index in [9.17, 15) is 9.90 Å². The van der Waals surface area contributed by atoms with Gasteiger partial charge in [-0.1, -0.05) is 36.4 Å². The highest BCUT2D eigenvalue weighted by atomic mass is 127. The summed E-state index contributed by atoms with van der Waals surface area (Å²) in [6.07, 6.45) is 3.66. The van der Waals surface area contributed by atoms with Crippen LogP contribution in [0, 0.1) is 0 Å². The number of benzene rings is 1. The van der Waals surface area contributed by atoms with Gasteiger partial charge in [0.15, 0.2) is 5.96 Å². The number of unbranched alkanes of at least 4 members (excludes halogenated alkanes) is 1. The molecule has 2 aromatic rings. The van der Waals surface area contributed by atoms with Crippen molar-refractivity contribution >= 4 is 29.9 Å². The number of hydrogen-bond donors (Lipinski definition) is 3. The van der Waals surface area contributed by atoms with E-state index in [4.69, 9.17) is 0 Å². The molecule has 0 aliphatic heterocycles. The smallest absolute Gasteiger partial charge is 0.250 e. The molecular formula is C20H29IN4O2. The highest BCUT2D eigenvalue weighted by molar-refractivity contribution is 14.0. The lowest BCUT2D eigenvalue weighted by molar-refractivity contribution is 0.265. The maximum atomic E-state index is 11.6. The van der Waals surface area contributed by atoms with Crippen LogP contribution in [0.1, 0.15) is 24.3 Å². The van der Waals surface area contributed by atoms with E-state index in [0.29, 0.717) is 13.1 Å². The molecule has 1 aromatic heterocycles. The Hall–Kier alpha value is -1.87. The summed E-state index contributed by atoms with van der Waals surface area (Å²) in [5, 5.41) is 16.1. The fourth-order valence-electron chi connectivity index (χ4n) is 2.71. The largest absolute Gasteiger partial charge is 0.396 e. The first-order valence-electron chi connectivity index (χ1n) is 9.00. The molecule has 0 amide bonds. The normalized spacial score (nSPS) is 12.1. The summed E-state index contributed by atoms with van der Waals surface area (Å²) < 4.78 is 1.72. The van der Waals surface area contributed by atoms with E-state index >= 15 is 0 Å². The molecule has 3 N–H and O–H groups in total. The number of halogens is 1. The third-order valence-electron chi connectivity index (χ3n) is 4.25. The second kappa shape index (κ2) is 13.3. The Labute approximate surface area is 177 Å². The lowest BCUT2D eigenvalue weighted by atomic mass is 10.0. The van der Waals surface area contributed by atoms with Gasteiger partial charge in [-0.25, -0.2) is 0 Å². The van der Waals surface area contributed by atoms with Crippen LogP contribution < -0.4 is 16.2 Å². The van der Waals surface area contributed by atoms with Gasteiger partial charge in [-0.3, -0.25) is 9.79 Å². The summed E-state index contributed by atoms with van der Waals surface area (Å²) >= 11 is 0. The van der Waals surface area contributed by atoms with Gasteiger partial charge < -0.3 is 20.3 Å². The number of rotatable bonds is 9. The van der Waals surface area contributed by atoms with Crippen LogP contribution in [0.15, 0.2) is 64.5 Å². The molecule has 0 saturated heterocycles. The molecule has 2 rings (SSSR count). The monoisotopic (exact) mass is 484 g/mol. The summed E-state index contributed by atoms with van der Waals surface area (Å²) in [5.41, 5.74) is 1.14. The first-order chi connectivity index (χ1) is 12.7. The van der Waals surface area contributed by atoms with Gasteiger partial charge in [-0.15, -0.1) is 24.0 Å². The fourth-order valence-corrected chi connectivity index (χ4v) is 2.71. The molecule has 7 heteroatoms. The summed E-state index contributed by atoms with van der Waals surface area (Å²) in [6, 6.07) is 15.2. The quantitative estimate of drug-likeness (QED) is 0.221. The van der Waals surface area contributed by atoms with Crippen molar-refractivity contribution in [3.05, 3.63) is 70.6 Å². The van der Waals surface area contributed by atoms with Gasteiger partial charge in [0, 0.05) is 44.9 Å². The van der Waals surface area contributed by atoms with Gasteiger partial charge in [-0.2, -0.15) is 0 Å². The SMILES string of the molecule is CN=C(NCCCCn1ccccc1=O)NCC(CO)c1ccccc1.I. The van der Waals surface area contributed by atoms with Crippen molar-refractivity contribution in [2.75, 3.05) is 26.7 Å². The van der Waals surface area contributed by atoms with Gasteiger partial charge in [0.2, 0.25) is 5.56 Å². The third kappa shape index (κ3) is 8.13. The first kappa shape index (κ1) is 23.2. The molecule has 1 aromatic carbocycles. The van der Waals surface area contributed by atoms with Gasteiger partial charge >= 0.3 is 0 Å². The predicted molar refractivity (Wildman–Crippen MR) is 121 cm³/mol. The van der Waals surface area contributed by atoms with Crippen molar-refractivity contribution in [1.29, 1.82) is 0 Å². The number of nitrogens with one attached hydrogen (secondary N) is 2. The lowest BCUT2D eigenvalue weighted by Crippen LogP contribution is -2.40. The molecule has 1 atom stereocenters. The predicted octanol–water partition coefficient (Wildman–Crippen LogP) is 2.19. The van der Waals surface area contributed by atoms with Crippen LogP contribution in [0.5, 0.6) is 0 Å². The van der Waals surface area contributed by atoms with E-state index in [2.05, 4.69) is 15.6 Å².